The summed E-state index contributed by atoms with van der Waals surface area (Å²) < 4.78 is 16.0. The van der Waals surface area contributed by atoms with Crippen LogP contribution in [0.15, 0.2) is 71.7 Å². The van der Waals surface area contributed by atoms with Crippen molar-refractivity contribution in [2.45, 2.75) is 19.3 Å². The summed E-state index contributed by atoms with van der Waals surface area (Å²) in [4.78, 5) is 37.5. The van der Waals surface area contributed by atoms with Crippen LogP contribution in [0.2, 0.25) is 5.02 Å². The van der Waals surface area contributed by atoms with E-state index in [9.17, 15) is 18.8 Å². The van der Waals surface area contributed by atoms with Gasteiger partial charge in [0.15, 0.2) is 0 Å². The van der Waals surface area contributed by atoms with Gasteiger partial charge in [-0.25, -0.2) is 4.39 Å². The van der Waals surface area contributed by atoms with Gasteiger partial charge in [-0.2, -0.15) is 0 Å². The van der Waals surface area contributed by atoms with Crippen molar-refractivity contribution >= 4 is 34.8 Å². The van der Waals surface area contributed by atoms with E-state index in [2.05, 4.69) is 10.6 Å². The average Bonchev–Trinajstić information content (AvgIpc) is 3.27. The van der Waals surface area contributed by atoms with E-state index in [1.807, 2.05) is 0 Å². The SMILES string of the molecule is O=C(Nc1ccc(Cl)cc1)[C@H]1CCC[C@@H]1C(=O)Nc1ccc(-n2ccccc2=O)cc1F. The van der Waals surface area contributed by atoms with Crippen LogP contribution in [0.1, 0.15) is 19.3 Å². The molecule has 0 unspecified atom stereocenters. The molecule has 4 rings (SSSR count). The van der Waals surface area contributed by atoms with Crippen LogP contribution in [0.25, 0.3) is 5.69 Å². The Morgan fingerprint density at radius 2 is 1.62 bits per heavy atom. The zero-order valence-electron chi connectivity index (χ0n) is 17.1. The molecule has 0 spiro atoms. The average molecular weight is 454 g/mol. The first-order valence-electron chi connectivity index (χ1n) is 10.3. The molecule has 1 saturated carbocycles. The number of carbonyl (C=O) groups excluding carboxylic acids is 2. The first-order valence-corrected chi connectivity index (χ1v) is 10.6. The minimum atomic E-state index is -0.660. The number of hydrogen-bond donors (Lipinski definition) is 2. The molecule has 1 fully saturated rings. The molecule has 1 aliphatic carbocycles. The Hall–Kier alpha value is -3.45. The molecule has 6 nitrogen and oxygen atoms in total. The molecule has 1 aliphatic rings. The smallest absolute Gasteiger partial charge is 0.255 e. The van der Waals surface area contributed by atoms with Gasteiger partial charge >= 0.3 is 0 Å². The summed E-state index contributed by atoms with van der Waals surface area (Å²) in [5.74, 6) is -2.37. The maximum Gasteiger partial charge on any atom is 0.255 e. The molecule has 3 aromatic rings. The number of benzene rings is 2. The van der Waals surface area contributed by atoms with Gasteiger partial charge in [-0.15, -0.1) is 0 Å². The van der Waals surface area contributed by atoms with Gasteiger partial charge in [-0.05, 0) is 55.3 Å². The monoisotopic (exact) mass is 453 g/mol. The van der Waals surface area contributed by atoms with Crippen LogP contribution in [0.3, 0.4) is 0 Å². The lowest BCUT2D eigenvalue weighted by Crippen LogP contribution is -2.33. The highest BCUT2D eigenvalue weighted by molar-refractivity contribution is 6.30. The number of rotatable bonds is 5. The van der Waals surface area contributed by atoms with Crippen LogP contribution in [0, 0.1) is 17.7 Å². The minimum absolute atomic E-state index is 0.00601. The number of aromatic nitrogens is 1. The third-order valence-electron chi connectivity index (χ3n) is 5.61. The number of anilines is 2. The fourth-order valence-corrected chi connectivity index (χ4v) is 4.10. The van der Waals surface area contributed by atoms with Crippen LogP contribution in [-0.2, 0) is 9.59 Å². The third-order valence-corrected chi connectivity index (χ3v) is 5.86. The molecule has 32 heavy (non-hydrogen) atoms. The molecule has 2 atom stereocenters. The van der Waals surface area contributed by atoms with Crippen LogP contribution < -0.4 is 16.2 Å². The van der Waals surface area contributed by atoms with E-state index in [4.69, 9.17) is 11.6 Å². The lowest BCUT2D eigenvalue weighted by Gasteiger charge is -2.19. The number of pyridine rings is 1. The second-order valence-electron chi connectivity index (χ2n) is 7.70. The maximum absolute atomic E-state index is 14.7. The fourth-order valence-electron chi connectivity index (χ4n) is 3.98. The lowest BCUT2D eigenvalue weighted by molar-refractivity contribution is -0.128. The zero-order chi connectivity index (χ0) is 22.7. The van der Waals surface area contributed by atoms with Crippen molar-refractivity contribution in [1.82, 2.24) is 4.57 Å². The van der Waals surface area contributed by atoms with Gasteiger partial charge in [0.1, 0.15) is 5.82 Å². The van der Waals surface area contributed by atoms with Crippen LogP contribution in [0.5, 0.6) is 0 Å². The molecule has 1 aromatic heterocycles. The molecule has 2 aromatic carbocycles. The number of carbonyl (C=O) groups is 2. The van der Waals surface area contributed by atoms with Crippen molar-refractivity contribution in [3.63, 3.8) is 0 Å². The van der Waals surface area contributed by atoms with Crippen molar-refractivity contribution in [3.05, 3.63) is 88.1 Å². The topological polar surface area (TPSA) is 80.2 Å². The number of amides is 2. The first-order chi connectivity index (χ1) is 15.4. The lowest BCUT2D eigenvalue weighted by atomic mass is 9.94. The molecular formula is C24H21ClFN3O3. The maximum atomic E-state index is 14.7. The van der Waals surface area contributed by atoms with Gasteiger partial charge in [0.2, 0.25) is 11.8 Å². The van der Waals surface area contributed by atoms with Gasteiger partial charge < -0.3 is 10.6 Å². The van der Waals surface area contributed by atoms with Crippen molar-refractivity contribution in [2.24, 2.45) is 11.8 Å². The van der Waals surface area contributed by atoms with Crippen molar-refractivity contribution in [3.8, 4) is 5.69 Å². The summed E-state index contributed by atoms with van der Waals surface area (Å²) in [7, 11) is 0. The Kier molecular flexibility index (Phi) is 6.37. The Morgan fingerprint density at radius 1 is 0.938 bits per heavy atom. The summed E-state index contributed by atoms with van der Waals surface area (Å²) in [6.45, 7) is 0. The number of nitrogens with one attached hydrogen (secondary N) is 2. The molecule has 0 radical (unpaired) electrons. The Labute approximate surface area is 189 Å². The van der Waals surface area contributed by atoms with E-state index >= 15 is 0 Å². The fraction of sp³-hybridized carbons (Fsp3) is 0.208. The van der Waals surface area contributed by atoms with Crippen molar-refractivity contribution < 1.29 is 14.0 Å². The summed E-state index contributed by atoms with van der Waals surface area (Å²) in [6.07, 6.45) is 3.40. The molecule has 0 aliphatic heterocycles. The first kappa shape index (κ1) is 21.8. The summed E-state index contributed by atoms with van der Waals surface area (Å²) in [5.41, 5.74) is 0.672. The van der Waals surface area contributed by atoms with Crippen molar-refractivity contribution in [1.29, 1.82) is 0 Å². The number of nitrogens with zero attached hydrogens (tertiary/aromatic N) is 1. The normalized spacial score (nSPS) is 17.7. The summed E-state index contributed by atoms with van der Waals surface area (Å²) in [5, 5.41) is 5.98. The molecule has 8 heteroatoms. The molecule has 0 saturated heterocycles. The van der Waals surface area contributed by atoms with Gasteiger partial charge in [-0.3, -0.25) is 19.0 Å². The summed E-state index contributed by atoms with van der Waals surface area (Å²) >= 11 is 5.87. The highest BCUT2D eigenvalue weighted by Crippen LogP contribution is 2.34. The van der Waals surface area contributed by atoms with Crippen LogP contribution >= 0.6 is 11.6 Å². The Bertz CT molecular complexity index is 1210. The highest BCUT2D eigenvalue weighted by atomic mass is 35.5. The van der Waals surface area contributed by atoms with Gasteiger partial charge in [0.05, 0.1) is 11.4 Å². The number of halogens is 2. The van der Waals surface area contributed by atoms with E-state index < -0.39 is 23.6 Å². The van der Waals surface area contributed by atoms with Gasteiger partial charge in [0, 0.05) is 40.9 Å². The summed E-state index contributed by atoms with van der Waals surface area (Å²) in [6, 6.07) is 15.5. The highest BCUT2D eigenvalue weighted by Gasteiger charge is 2.38. The van der Waals surface area contributed by atoms with E-state index in [0.29, 0.717) is 29.2 Å². The molecular weight excluding hydrogens is 433 g/mol. The van der Waals surface area contributed by atoms with E-state index in [1.54, 1.807) is 42.5 Å². The van der Waals surface area contributed by atoms with Gasteiger partial charge in [0.25, 0.3) is 5.56 Å². The molecule has 1 heterocycles. The predicted molar refractivity (Wildman–Crippen MR) is 122 cm³/mol. The largest absolute Gasteiger partial charge is 0.326 e. The second-order valence-corrected chi connectivity index (χ2v) is 8.14. The standard InChI is InChI=1S/C24H21ClFN3O3/c25-15-7-9-16(10-8-15)27-23(31)18-4-3-5-19(18)24(32)28-21-12-11-17(14-20(21)26)29-13-2-1-6-22(29)30/h1-2,6-14,18-19H,3-5H2,(H,27,31)(H,28,32)/t18-,19-/m0/s1. The quantitative estimate of drug-likeness (QED) is 0.591. The van der Waals surface area contributed by atoms with Crippen molar-refractivity contribution in [2.75, 3.05) is 10.6 Å². The predicted octanol–water partition coefficient (Wildman–Crippen LogP) is 4.62. The van der Waals surface area contributed by atoms with Gasteiger partial charge in [-0.1, -0.05) is 24.1 Å². The number of hydrogen-bond acceptors (Lipinski definition) is 3. The molecule has 2 amide bonds. The second kappa shape index (κ2) is 9.36. The van der Waals surface area contributed by atoms with E-state index in [1.165, 1.54) is 29.0 Å². The Morgan fingerprint density at radius 3 is 2.28 bits per heavy atom. The molecule has 0 bridgehead atoms. The van der Waals surface area contributed by atoms with E-state index in [-0.39, 0.29) is 17.2 Å². The van der Waals surface area contributed by atoms with Crippen LogP contribution in [0.4, 0.5) is 15.8 Å². The zero-order valence-corrected chi connectivity index (χ0v) is 17.8. The molecule has 164 valence electrons. The van der Waals surface area contributed by atoms with Crippen LogP contribution in [-0.4, -0.2) is 16.4 Å². The Balaban J connectivity index is 1.45. The third kappa shape index (κ3) is 4.73. The molecule has 2 N–H and O–H groups in total. The van der Waals surface area contributed by atoms with E-state index in [0.717, 1.165) is 6.42 Å². The minimum Gasteiger partial charge on any atom is -0.326 e.